The molecule has 1 aromatic carbocycles. The quantitative estimate of drug-likeness (QED) is 0.848. The van der Waals surface area contributed by atoms with Gasteiger partial charge in [-0.05, 0) is 24.5 Å². The number of rotatable bonds is 5. The molecule has 17 heavy (non-hydrogen) atoms. The van der Waals surface area contributed by atoms with Gasteiger partial charge in [0.2, 0.25) is 0 Å². The van der Waals surface area contributed by atoms with Crippen LogP contribution in [-0.4, -0.2) is 17.8 Å². The fourth-order valence-corrected chi connectivity index (χ4v) is 2.55. The van der Waals surface area contributed by atoms with Gasteiger partial charge in [0, 0.05) is 19.4 Å². The van der Waals surface area contributed by atoms with Gasteiger partial charge in [0.05, 0.1) is 11.7 Å². The maximum absolute atomic E-state index is 10.4. The van der Waals surface area contributed by atoms with Crippen molar-refractivity contribution in [1.82, 2.24) is 0 Å². The average molecular weight is 234 g/mol. The van der Waals surface area contributed by atoms with Crippen LogP contribution in [0.4, 0.5) is 0 Å². The van der Waals surface area contributed by atoms with Gasteiger partial charge in [-0.15, -0.1) is 0 Å². The maximum atomic E-state index is 10.4. The molecule has 2 nitrogen and oxygen atoms in total. The van der Waals surface area contributed by atoms with Crippen molar-refractivity contribution in [2.24, 2.45) is 0 Å². The molecule has 0 spiro atoms. The summed E-state index contributed by atoms with van der Waals surface area (Å²) in [7, 11) is 0. The number of hydrogen-bond acceptors (Lipinski definition) is 2. The summed E-state index contributed by atoms with van der Waals surface area (Å²) < 4.78 is 5.50. The van der Waals surface area contributed by atoms with E-state index < -0.39 is 5.60 Å². The first-order valence-electron chi connectivity index (χ1n) is 6.61. The average Bonchev–Trinajstić information content (AvgIpc) is 2.28. The molecule has 2 heteroatoms. The zero-order valence-electron chi connectivity index (χ0n) is 10.8. The highest BCUT2D eigenvalue weighted by atomic mass is 16.5. The maximum Gasteiger partial charge on any atom is 0.0946 e. The van der Waals surface area contributed by atoms with E-state index in [1.807, 2.05) is 6.92 Å². The summed E-state index contributed by atoms with van der Waals surface area (Å²) in [4.78, 5) is 0. The summed E-state index contributed by atoms with van der Waals surface area (Å²) in [5.41, 5.74) is 1.73. The molecule has 0 unspecified atom stereocenters. The molecule has 0 saturated heterocycles. The van der Waals surface area contributed by atoms with Gasteiger partial charge < -0.3 is 9.84 Å². The first-order chi connectivity index (χ1) is 8.18. The van der Waals surface area contributed by atoms with E-state index in [4.69, 9.17) is 4.74 Å². The van der Waals surface area contributed by atoms with E-state index in [-0.39, 0.29) is 6.10 Å². The minimum Gasteiger partial charge on any atom is -0.385 e. The predicted molar refractivity (Wildman–Crippen MR) is 69.0 cm³/mol. The lowest BCUT2D eigenvalue weighted by Crippen LogP contribution is -2.45. The Kier molecular flexibility index (Phi) is 3.85. The van der Waals surface area contributed by atoms with E-state index in [2.05, 4.69) is 31.2 Å². The van der Waals surface area contributed by atoms with Gasteiger partial charge in [0.1, 0.15) is 0 Å². The van der Waals surface area contributed by atoms with Crippen LogP contribution in [0, 0.1) is 0 Å². The Hall–Kier alpha value is -0.860. The summed E-state index contributed by atoms with van der Waals surface area (Å²) in [5, 5.41) is 10.4. The molecule has 0 aromatic heterocycles. The standard InChI is InChI=1S/C15H22O2/c1-3-5-12-6-8-13(9-7-12)15(16)10-14(11-15)17-4-2/h6-9,14,16H,3-5,10-11H2,1-2H3. The van der Waals surface area contributed by atoms with Crippen LogP contribution in [0.15, 0.2) is 24.3 Å². The summed E-state index contributed by atoms with van der Waals surface area (Å²) in [6, 6.07) is 8.38. The summed E-state index contributed by atoms with van der Waals surface area (Å²) in [6.45, 7) is 4.91. The zero-order chi connectivity index (χ0) is 12.3. The molecular formula is C15H22O2. The van der Waals surface area contributed by atoms with Crippen molar-refractivity contribution in [3.8, 4) is 0 Å². The van der Waals surface area contributed by atoms with E-state index in [0.29, 0.717) is 0 Å². The Morgan fingerprint density at radius 2 is 1.88 bits per heavy atom. The van der Waals surface area contributed by atoms with Crippen molar-refractivity contribution >= 4 is 0 Å². The highest BCUT2D eigenvalue weighted by Crippen LogP contribution is 2.42. The highest BCUT2D eigenvalue weighted by Gasteiger charge is 2.44. The normalized spacial score (nSPS) is 27.8. The van der Waals surface area contributed by atoms with Crippen LogP contribution in [0.25, 0.3) is 0 Å². The van der Waals surface area contributed by atoms with Crippen LogP contribution in [0.2, 0.25) is 0 Å². The first-order valence-corrected chi connectivity index (χ1v) is 6.61. The van der Waals surface area contributed by atoms with Gasteiger partial charge in [-0.2, -0.15) is 0 Å². The topological polar surface area (TPSA) is 29.5 Å². The first kappa shape index (κ1) is 12.6. The van der Waals surface area contributed by atoms with E-state index in [9.17, 15) is 5.11 Å². The fraction of sp³-hybridized carbons (Fsp3) is 0.600. The molecule has 1 aliphatic carbocycles. The van der Waals surface area contributed by atoms with Crippen LogP contribution in [0.3, 0.4) is 0 Å². The Morgan fingerprint density at radius 3 is 2.41 bits per heavy atom. The second-order valence-electron chi connectivity index (χ2n) is 4.96. The largest absolute Gasteiger partial charge is 0.385 e. The molecule has 1 aliphatic rings. The molecule has 0 radical (unpaired) electrons. The number of hydrogen-bond donors (Lipinski definition) is 1. The van der Waals surface area contributed by atoms with Gasteiger partial charge in [-0.1, -0.05) is 37.6 Å². The summed E-state index contributed by atoms with van der Waals surface area (Å²) >= 11 is 0. The third-order valence-electron chi connectivity index (χ3n) is 3.56. The van der Waals surface area contributed by atoms with Crippen molar-refractivity contribution in [2.45, 2.75) is 51.2 Å². The Labute approximate surface area is 104 Å². The number of aliphatic hydroxyl groups is 1. The second kappa shape index (κ2) is 5.19. The van der Waals surface area contributed by atoms with Crippen molar-refractivity contribution in [3.05, 3.63) is 35.4 Å². The number of benzene rings is 1. The molecule has 0 aliphatic heterocycles. The van der Waals surface area contributed by atoms with E-state index in [1.165, 1.54) is 5.56 Å². The van der Waals surface area contributed by atoms with Crippen LogP contribution in [-0.2, 0) is 16.8 Å². The van der Waals surface area contributed by atoms with Crippen LogP contribution in [0.1, 0.15) is 44.2 Å². The molecule has 1 N–H and O–H groups in total. The van der Waals surface area contributed by atoms with Gasteiger partial charge in [-0.3, -0.25) is 0 Å². The molecule has 2 rings (SSSR count). The van der Waals surface area contributed by atoms with Crippen molar-refractivity contribution in [3.63, 3.8) is 0 Å². The Bertz CT molecular complexity index is 350. The van der Waals surface area contributed by atoms with Gasteiger partial charge >= 0.3 is 0 Å². The lowest BCUT2D eigenvalue weighted by molar-refractivity contribution is -0.142. The van der Waals surface area contributed by atoms with E-state index >= 15 is 0 Å². The minimum absolute atomic E-state index is 0.236. The number of ether oxygens (including phenoxy) is 1. The third-order valence-corrected chi connectivity index (χ3v) is 3.56. The van der Waals surface area contributed by atoms with Crippen LogP contribution < -0.4 is 0 Å². The molecule has 0 amide bonds. The van der Waals surface area contributed by atoms with Gasteiger partial charge in [-0.25, -0.2) is 0 Å². The molecular weight excluding hydrogens is 212 g/mol. The van der Waals surface area contributed by atoms with Gasteiger partial charge in [0.15, 0.2) is 0 Å². The van der Waals surface area contributed by atoms with Crippen molar-refractivity contribution in [1.29, 1.82) is 0 Å². The highest BCUT2D eigenvalue weighted by molar-refractivity contribution is 5.29. The minimum atomic E-state index is -0.648. The Balaban J connectivity index is 1.98. The smallest absolute Gasteiger partial charge is 0.0946 e. The molecule has 0 atom stereocenters. The van der Waals surface area contributed by atoms with E-state index in [1.54, 1.807) is 0 Å². The van der Waals surface area contributed by atoms with Crippen LogP contribution in [0.5, 0.6) is 0 Å². The molecule has 1 saturated carbocycles. The molecule has 1 fully saturated rings. The van der Waals surface area contributed by atoms with Gasteiger partial charge in [0.25, 0.3) is 0 Å². The lowest BCUT2D eigenvalue weighted by Gasteiger charge is -2.43. The third kappa shape index (κ3) is 2.70. The summed E-state index contributed by atoms with van der Waals surface area (Å²) in [5.74, 6) is 0. The van der Waals surface area contributed by atoms with Crippen LogP contribution >= 0.6 is 0 Å². The second-order valence-corrected chi connectivity index (χ2v) is 4.96. The number of aryl methyl sites for hydroxylation is 1. The van der Waals surface area contributed by atoms with E-state index in [0.717, 1.165) is 37.9 Å². The summed E-state index contributed by atoms with van der Waals surface area (Å²) in [6.07, 6.45) is 3.97. The van der Waals surface area contributed by atoms with Crippen molar-refractivity contribution < 1.29 is 9.84 Å². The molecule has 1 aromatic rings. The molecule has 0 bridgehead atoms. The van der Waals surface area contributed by atoms with Crippen molar-refractivity contribution in [2.75, 3.05) is 6.61 Å². The molecule has 0 heterocycles. The monoisotopic (exact) mass is 234 g/mol. The lowest BCUT2D eigenvalue weighted by atomic mass is 9.72. The predicted octanol–water partition coefficient (Wildman–Crippen LogP) is 3.03. The fourth-order valence-electron chi connectivity index (χ4n) is 2.55. The zero-order valence-corrected chi connectivity index (χ0v) is 10.8. The Morgan fingerprint density at radius 1 is 1.24 bits per heavy atom. The SMILES string of the molecule is CCCc1ccc(C2(O)CC(OCC)C2)cc1. The molecule has 94 valence electrons.